The molecule has 1 saturated heterocycles. The maximum absolute atomic E-state index is 12.7. The Morgan fingerprint density at radius 3 is 2.62 bits per heavy atom. The molecule has 196 valence electrons. The van der Waals surface area contributed by atoms with Crippen molar-refractivity contribution >= 4 is 32.6 Å². The number of benzene rings is 2. The number of allylic oxidation sites excluding steroid dienone is 1. The SMILES string of the molecule is CN(CCO)S(=O)(=O)/C(C#N)=C/c1ccc(-c2ccc3cc(NCCN4CCOCC4)ccc3c2)n1C. The van der Waals surface area contributed by atoms with Gasteiger partial charge in [0.2, 0.25) is 0 Å². The summed E-state index contributed by atoms with van der Waals surface area (Å²) in [6, 6.07) is 18.0. The molecule has 2 N–H and O–H groups in total. The van der Waals surface area contributed by atoms with Crippen molar-refractivity contribution in [1.82, 2.24) is 13.8 Å². The minimum absolute atomic E-state index is 0.0814. The van der Waals surface area contributed by atoms with E-state index in [1.54, 1.807) is 12.1 Å². The van der Waals surface area contributed by atoms with Gasteiger partial charge in [-0.1, -0.05) is 18.2 Å². The number of likely N-dealkylation sites (N-methyl/N-ethyl adjacent to an activating group) is 1. The number of rotatable bonds is 10. The second-order valence-corrected chi connectivity index (χ2v) is 11.0. The maximum Gasteiger partial charge on any atom is 0.253 e. The lowest BCUT2D eigenvalue weighted by molar-refractivity contribution is 0.0398. The fourth-order valence-corrected chi connectivity index (χ4v) is 5.43. The number of nitriles is 1. The Labute approximate surface area is 218 Å². The molecule has 0 atom stereocenters. The minimum Gasteiger partial charge on any atom is -0.395 e. The van der Waals surface area contributed by atoms with Gasteiger partial charge in [-0.05, 0) is 52.7 Å². The van der Waals surface area contributed by atoms with Crippen LogP contribution in [0.2, 0.25) is 0 Å². The molecule has 37 heavy (non-hydrogen) atoms. The van der Waals surface area contributed by atoms with Crippen molar-refractivity contribution in [3.8, 4) is 17.3 Å². The van der Waals surface area contributed by atoms with E-state index in [1.165, 1.54) is 13.1 Å². The molecule has 0 aliphatic carbocycles. The van der Waals surface area contributed by atoms with Crippen LogP contribution in [0, 0.1) is 11.3 Å². The van der Waals surface area contributed by atoms with E-state index >= 15 is 0 Å². The van der Waals surface area contributed by atoms with Crippen LogP contribution in [0.4, 0.5) is 5.69 Å². The highest BCUT2D eigenvalue weighted by Gasteiger charge is 2.24. The number of aromatic nitrogens is 1. The van der Waals surface area contributed by atoms with Crippen LogP contribution in [0.3, 0.4) is 0 Å². The summed E-state index contributed by atoms with van der Waals surface area (Å²) in [6.45, 7) is 5.02. The number of aliphatic hydroxyl groups excluding tert-OH is 1. The Kier molecular flexibility index (Phi) is 8.63. The topological polar surface area (TPSA) is 111 Å². The van der Waals surface area contributed by atoms with Gasteiger partial charge in [0.25, 0.3) is 10.0 Å². The molecule has 0 amide bonds. The van der Waals surface area contributed by atoms with E-state index in [1.807, 2.05) is 23.7 Å². The summed E-state index contributed by atoms with van der Waals surface area (Å²) in [5.74, 6) is 0. The van der Waals surface area contributed by atoms with Crippen LogP contribution in [-0.2, 0) is 21.8 Å². The van der Waals surface area contributed by atoms with Crippen molar-refractivity contribution in [3.05, 3.63) is 59.1 Å². The molecule has 1 aliphatic rings. The zero-order valence-electron chi connectivity index (χ0n) is 21.2. The largest absolute Gasteiger partial charge is 0.395 e. The van der Waals surface area contributed by atoms with Gasteiger partial charge in [0, 0.05) is 63.9 Å². The second-order valence-electron chi connectivity index (χ2n) is 9.03. The van der Waals surface area contributed by atoms with Gasteiger partial charge < -0.3 is 19.7 Å². The Bertz CT molecular complexity index is 1420. The molecule has 0 bridgehead atoms. The molecular weight excluding hydrogens is 490 g/mol. The van der Waals surface area contributed by atoms with E-state index in [4.69, 9.17) is 9.84 Å². The standard InChI is InChI=1S/C27H33N5O4S/c1-30(11-14-33)37(34,35)26(20-28)19-25-7-8-27(31(25)2)23-4-3-22-18-24(6-5-21(22)17-23)29-9-10-32-12-15-36-16-13-32/h3-8,17-19,29,33H,9-16H2,1-2H3/b26-19+. The summed E-state index contributed by atoms with van der Waals surface area (Å²) in [5.41, 5.74) is 3.56. The first kappa shape index (κ1) is 26.9. The van der Waals surface area contributed by atoms with Crippen LogP contribution in [0.5, 0.6) is 0 Å². The fraction of sp³-hybridized carbons (Fsp3) is 0.370. The molecule has 0 radical (unpaired) electrons. The monoisotopic (exact) mass is 523 g/mol. The lowest BCUT2D eigenvalue weighted by Gasteiger charge is -2.26. The average Bonchev–Trinajstić information content (AvgIpc) is 3.27. The second kappa shape index (κ2) is 11.9. The van der Waals surface area contributed by atoms with E-state index in [2.05, 4.69) is 40.5 Å². The highest BCUT2D eigenvalue weighted by atomic mass is 32.2. The van der Waals surface area contributed by atoms with Gasteiger partial charge in [-0.3, -0.25) is 4.90 Å². The van der Waals surface area contributed by atoms with Gasteiger partial charge in [-0.2, -0.15) is 9.57 Å². The molecule has 4 rings (SSSR count). The zero-order valence-corrected chi connectivity index (χ0v) is 22.0. The van der Waals surface area contributed by atoms with Gasteiger partial charge in [-0.25, -0.2) is 8.42 Å². The van der Waals surface area contributed by atoms with Crippen molar-refractivity contribution in [2.75, 3.05) is 64.9 Å². The summed E-state index contributed by atoms with van der Waals surface area (Å²) in [5, 5.41) is 24.3. The molecule has 1 fully saturated rings. The van der Waals surface area contributed by atoms with E-state index in [9.17, 15) is 13.7 Å². The molecular formula is C27H33N5O4S. The Hall–Kier alpha value is -3.20. The van der Waals surface area contributed by atoms with Crippen molar-refractivity contribution < 1.29 is 18.3 Å². The van der Waals surface area contributed by atoms with Crippen LogP contribution in [0.1, 0.15) is 5.69 Å². The Morgan fingerprint density at radius 1 is 1.16 bits per heavy atom. The number of sulfonamides is 1. The molecule has 0 saturated carbocycles. The van der Waals surface area contributed by atoms with Crippen molar-refractivity contribution in [3.63, 3.8) is 0 Å². The number of anilines is 1. The molecule has 2 aromatic carbocycles. The molecule has 10 heteroatoms. The highest BCUT2D eigenvalue weighted by Crippen LogP contribution is 2.28. The average molecular weight is 524 g/mol. The third kappa shape index (κ3) is 6.21. The van der Waals surface area contributed by atoms with Gasteiger partial charge in [0.1, 0.15) is 6.07 Å². The summed E-state index contributed by atoms with van der Waals surface area (Å²) < 4.78 is 33.6. The van der Waals surface area contributed by atoms with Gasteiger partial charge >= 0.3 is 0 Å². The first-order valence-electron chi connectivity index (χ1n) is 12.3. The van der Waals surface area contributed by atoms with Crippen molar-refractivity contribution in [1.29, 1.82) is 5.26 Å². The van der Waals surface area contributed by atoms with E-state index < -0.39 is 10.0 Å². The number of hydrogen-bond acceptors (Lipinski definition) is 7. The third-order valence-electron chi connectivity index (χ3n) is 6.65. The predicted molar refractivity (Wildman–Crippen MR) is 146 cm³/mol. The van der Waals surface area contributed by atoms with Crippen LogP contribution in [0.15, 0.2) is 53.4 Å². The van der Waals surface area contributed by atoms with Crippen LogP contribution >= 0.6 is 0 Å². The first-order valence-corrected chi connectivity index (χ1v) is 13.7. The summed E-state index contributed by atoms with van der Waals surface area (Å²) in [4.78, 5) is 2.03. The first-order chi connectivity index (χ1) is 17.8. The number of nitrogens with one attached hydrogen (secondary N) is 1. The van der Waals surface area contributed by atoms with E-state index in [0.29, 0.717) is 5.69 Å². The Balaban J connectivity index is 1.51. The Morgan fingerprint density at radius 2 is 1.89 bits per heavy atom. The maximum atomic E-state index is 12.7. The van der Waals surface area contributed by atoms with Crippen LogP contribution in [0.25, 0.3) is 28.1 Å². The number of nitrogens with zero attached hydrogens (tertiary/aromatic N) is 4. The molecule has 1 aliphatic heterocycles. The molecule has 9 nitrogen and oxygen atoms in total. The fourth-order valence-electron chi connectivity index (χ4n) is 4.39. The minimum atomic E-state index is -3.98. The predicted octanol–water partition coefficient (Wildman–Crippen LogP) is 2.71. The summed E-state index contributed by atoms with van der Waals surface area (Å²) in [7, 11) is -0.804. The lowest BCUT2D eigenvalue weighted by Crippen LogP contribution is -2.38. The van der Waals surface area contributed by atoms with Crippen LogP contribution in [-0.4, -0.2) is 86.9 Å². The van der Waals surface area contributed by atoms with Gasteiger partial charge in [-0.15, -0.1) is 0 Å². The van der Waals surface area contributed by atoms with Crippen molar-refractivity contribution in [2.24, 2.45) is 7.05 Å². The molecule has 3 aromatic rings. The van der Waals surface area contributed by atoms with Gasteiger partial charge in [0.05, 0.1) is 19.8 Å². The number of morpholine rings is 1. The third-order valence-corrected chi connectivity index (χ3v) is 8.42. The zero-order chi connectivity index (χ0) is 26.4. The smallest absolute Gasteiger partial charge is 0.253 e. The molecule has 2 heterocycles. The van der Waals surface area contributed by atoms with Gasteiger partial charge in [0.15, 0.2) is 4.91 Å². The normalized spacial score (nSPS) is 15.3. The van der Waals surface area contributed by atoms with E-state index in [0.717, 1.165) is 71.4 Å². The molecule has 0 unspecified atom stereocenters. The summed E-state index contributed by atoms with van der Waals surface area (Å²) >= 11 is 0. The number of aliphatic hydroxyl groups is 1. The highest BCUT2D eigenvalue weighted by molar-refractivity contribution is 7.93. The summed E-state index contributed by atoms with van der Waals surface area (Å²) in [6.07, 6.45) is 1.36. The molecule has 1 aromatic heterocycles. The van der Waals surface area contributed by atoms with E-state index in [-0.39, 0.29) is 18.1 Å². The quantitative estimate of drug-likeness (QED) is 0.393. The van der Waals surface area contributed by atoms with Crippen molar-refractivity contribution in [2.45, 2.75) is 0 Å². The van der Waals surface area contributed by atoms with Crippen LogP contribution < -0.4 is 5.32 Å². The number of hydrogen-bond donors (Lipinski definition) is 2. The number of fused-ring (bicyclic) bond motifs is 1. The number of ether oxygens (including phenoxy) is 1. The lowest BCUT2D eigenvalue weighted by atomic mass is 10.0. The molecule has 0 spiro atoms.